The molecule has 2 amide bonds. The third kappa shape index (κ3) is 4.32. The number of ketones is 2. The van der Waals surface area contributed by atoms with Gasteiger partial charge in [0.15, 0.2) is 23.6 Å². The Hall–Kier alpha value is -2.35. The fraction of sp³-hybridized carbons (Fsp3) is 0.632. The van der Waals surface area contributed by atoms with Crippen molar-refractivity contribution in [1.82, 2.24) is 4.90 Å². The first-order valence-corrected chi connectivity index (χ1v) is 8.95. The molecule has 27 heavy (non-hydrogen) atoms. The first-order valence-electron chi connectivity index (χ1n) is 8.95. The van der Waals surface area contributed by atoms with Crippen LogP contribution in [0.15, 0.2) is 12.2 Å². The molecule has 0 radical (unpaired) electrons. The normalized spacial score (nSPS) is 27.7. The summed E-state index contributed by atoms with van der Waals surface area (Å²) in [5, 5.41) is 0. The van der Waals surface area contributed by atoms with Gasteiger partial charge in [-0.2, -0.15) is 0 Å². The van der Waals surface area contributed by atoms with E-state index in [1.54, 1.807) is 6.92 Å². The van der Waals surface area contributed by atoms with Gasteiger partial charge in [0, 0.05) is 20.3 Å². The second-order valence-corrected chi connectivity index (χ2v) is 7.63. The smallest absolute Gasteiger partial charge is 0.338 e. The van der Waals surface area contributed by atoms with E-state index in [1.807, 2.05) is 13.8 Å². The lowest BCUT2D eigenvalue weighted by molar-refractivity contribution is -0.160. The predicted molar refractivity (Wildman–Crippen MR) is 93.1 cm³/mol. The van der Waals surface area contributed by atoms with Gasteiger partial charge in [0.05, 0.1) is 6.04 Å². The molecule has 0 aromatic carbocycles. The lowest BCUT2D eigenvalue weighted by atomic mass is 9.92. The Kier molecular flexibility index (Phi) is 5.99. The highest BCUT2D eigenvalue weighted by molar-refractivity contribution is 6.28. The molecule has 2 unspecified atom stereocenters. The largest absolute Gasteiger partial charge is 0.432 e. The SMILES string of the molecule is C/C=C/C(=O)N1C(=O)C(C(=O)C[C@@H]2OC(C)(C)OC2=O)C(=O)C1CC(C)C. The van der Waals surface area contributed by atoms with Crippen LogP contribution in [0.5, 0.6) is 0 Å². The number of nitrogens with zero attached hydrogens (tertiary/aromatic N) is 1. The Morgan fingerprint density at radius 2 is 1.85 bits per heavy atom. The average molecular weight is 379 g/mol. The lowest BCUT2D eigenvalue weighted by Gasteiger charge is -2.21. The van der Waals surface area contributed by atoms with Crippen LogP contribution in [0.3, 0.4) is 0 Å². The van der Waals surface area contributed by atoms with Crippen molar-refractivity contribution in [1.29, 1.82) is 0 Å². The minimum absolute atomic E-state index is 0.0375. The Morgan fingerprint density at radius 1 is 1.22 bits per heavy atom. The maximum Gasteiger partial charge on any atom is 0.338 e. The monoisotopic (exact) mass is 379 g/mol. The number of hydrogen-bond acceptors (Lipinski definition) is 7. The van der Waals surface area contributed by atoms with Crippen molar-refractivity contribution >= 4 is 29.4 Å². The molecule has 0 aromatic rings. The molecule has 2 rings (SSSR count). The van der Waals surface area contributed by atoms with Crippen molar-refractivity contribution in [3.63, 3.8) is 0 Å². The number of esters is 1. The molecule has 2 heterocycles. The molecular formula is C19H25NO7. The average Bonchev–Trinajstić information content (AvgIpc) is 2.91. The van der Waals surface area contributed by atoms with Crippen LogP contribution in [0.1, 0.15) is 47.5 Å². The lowest BCUT2D eigenvalue weighted by Crippen LogP contribution is -2.40. The van der Waals surface area contributed by atoms with Crippen LogP contribution in [0.25, 0.3) is 0 Å². The third-order valence-electron chi connectivity index (χ3n) is 4.39. The van der Waals surface area contributed by atoms with Gasteiger partial charge in [-0.25, -0.2) is 4.79 Å². The van der Waals surface area contributed by atoms with E-state index in [2.05, 4.69) is 0 Å². The molecule has 0 saturated carbocycles. The summed E-state index contributed by atoms with van der Waals surface area (Å²) >= 11 is 0. The highest BCUT2D eigenvalue weighted by Crippen LogP contribution is 2.31. The second kappa shape index (κ2) is 7.72. The highest BCUT2D eigenvalue weighted by Gasteiger charge is 2.54. The van der Waals surface area contributed by atoms with Gasteiger partial charge in [-0.05, 0) is 25.3 Å². The summed E-state index contributed by atoms with van der Waals surface area (Å²) in [5.41, 5.74) is 0. The maximum atomic E-state index is 12.8. The van der Waals surface area contributed by atoms with Crippen LogP contribution in [0.2, 0.25) is 0 Å². The van der Waals surface area contributed by atoms with E-state index in [0.717, 1.165) is 4.90 Å². The van der Waals surface area contributed by atoms with E-state index >= 15 is 0 Å². The van der Waals surface area contributed by atoms with E-state index in [-0.39, 0.29) is 12.3 Å². The zero-order chi connectivity index (χ0) is 20.5. The Morgan fingerprint density at radius 3 is 2.33 bits per heavy atom. The highest BCUT2D eigenvalue weighted by atomic mass is 16.8. The molecule has 2 saturated heterocycles. The first-order chi connectivity index (χ1) is 12.5. The van der Waals surface area contributed by atoms with Crippen LogP contribution in [-0.2, 0) is 33.4 Å². The van der Waals surface area contributed by atoms with Gasteiger partial charge in [0.1, 0.15) is 0 Å². The molecule has 148 valence electrons. The van der Waals surface area contributed by atoms with Gasteiger partial charge < -0.3 is 9.47 Å². The van der Waals surface area contributed by atoms with Crippen LogP contribution >= 0.6 is 0 Å². The molecule has 8 heteroatoms. The summed E-state index contributed by atoms with van der Waals surface area (Å²) in [4.78, 5) is 63.1. The number of ether oxygens (including phenoxy) is 2. The first kappa shape index (κ1) is 21.0. The molecule has 2 fully saturated rings. The van der Waals surface area contributed by atoms with Crippen molar-refractivity contribution < 1.29 is 33.4 Å². The van der Waals surface area contributed by atoms with Crippen LogP contribution in [0, 0.1) is 11.8 Å². The van der Waals surface area contributed by atoms with Gasteiger partial charge in [0.2, 0.25) is 11.7 Å². The van der Waals surface area contributed by atoms with Crippen LogP contribution < -0.4 is 0 Å². The number of hydrogen-bond donors (Lipinski definition) is 0. The molecule has 0 aliphatic carbocycles. The molecule has 0 N–H and O–H groups in total. The number of allylic oxidation sites excluding steroid dienone is 1. The van der Waals surface area contributed by atoms with Crippen molar-refractivity contribution in [2.75, 3.05) is 0 Å². The van der Waals surface area contributed by atoms with Gasteiger partial charge in [0.25, 0.3) is 5.91 Å². The molecule has 0 spiro atoms. The zero-order valence-electron chi connectivity index (χ0n) is 16.2. The number of imide groups is 1. The maximum absolute atomic E-state index is 12.8. The summed E-state index contributed by atoms with van der Waals surface area (Å²) in [5.74, 6) is -6.26. The van der Waals surface area contributed by atoms with Gasteiger partial charge in [-0.15, -0.1) is 0 Å². The molecular weight excluding hydrogens is 354 g/mol. The summed E-state index contributed by atoms with van der Waals surface area (Å²) in [6, 6.07) is -0.983. The van der Waals surface area contributed by atoms with Gasteiger partial charge >= 0.3 is 5.97 Å². The Bertz CT molecular complexity index is 707. The minimum atomic E-state index is -1.59. The van der Waals surface area contributed by atoms with Gasteiger partial charge in [-0.1, -0.05) is 19.9 Å². The minimum Gasteiger partial charge on any atom is -0.432 e. The number of amides is 2. The Labute approximate surface area is 157 Å². The van der Waals surface area contributed by atoms with Crippen LogP contribution in [-0.4, -0.2) is 52.2 Å². The van der Waals surface area contributed by atoms with Crippen molar-refractivity contribution in [2.45, 2.75) is 65.4 Å². The summed E-state index contributed by atoms with van der Waals surface area (Å²) < 4.78 is 10.3. The predicted octanol–water partition coefficient (Wildman–Crippen LogP) is 1.17. The fourth-order valence-electron chi connectivity index (χ4n) is 3.33. The van der Waals surface area contributed by atoms with E-state index in [4.69, 9.17) is 9.47 Å². The number of carbonyl (C=O) groups excluding carboxylic acids is 5. The van der Waals surface area contributed by atoms with E-state index in [9.17, 15) is 24.0 Å². The van der Waals surface area contributed by atoms with E-state index in [1.165, 1.54) is 26.0 Å². The molecule has 8 nitrogen and oxygen atoms in total. The molecule has 2 aliphatic heterocycles. The second-order valence-electron chi connectivity index (χ2n) is 7.63. The van der Waals surface area contributed by atoms with E-state index < -0.39 is 59.6 Å². The molecule has 0 aromatic heterocycles. The summed E-state index contributed by atoms with van der Waals surface area (Å²) in [6.45, 7) is 8.38. The Balaban J connectivity index is 2.24. The quantitative estimate of drug-likeness (QED) is 0.387. The van der Waals surface area contributed by atoms with Gasteiger partial charge in [-0.3, -0.25) is 24.1 Å². The number of Topliss-reactive ketones (excluding diaryl/α,β-unsaturated/α-hetero) is 2. The molecule has 0 bridgehead atoms. The van der Waals surface area contributed by atoms with E-state index in [0.29, 0.717) is 0 Å². The number of rotatable bonds is 6. The van der Waals surface area contributed by atoms with Crippen molar-refractivity contribution in [3.8, 4) is 0 Å². The zero-order valence-corrected chi connectivity index (χ0v) is 16.2. The fourth-order valence-corrected chi connectivity index (χ4v) is 3.33. The van der Waals surface area contributed by atoms with Crippen molar-refractivity contribution in [2.24, 2.45) is 11.8 Å². The number of cyclic esters (lactones) is 1. The summed E-state index contributed by atoms with van der Waals surface area (Å²) in [6.07, 6.45) is 1.30. The van der Waals surface area contributed by atoms with Crippen LogP contribution in [0.4, 0.5) is 0 Å². The molecule has 2 aliphatic rings. The number of carbonyl (C=O) groups is 5. The number of likely N-dealkylation sites (tertiary alicyclic amines) is 1. The topological polar surface area (TPSA) is 107 Å². The molecule has 3 atom stereocenters. The summed E-state index contributed by atoms with van der Waals surface area (Å²) in [7, 11) is 0. The third-order valence-corrected chi connectivity index (χ3v) is 4.39. The van der Waals surface area contributed by atoms with Crippen molar-refractivity contribution in [3.05, 3.63) is 12.2 Å². The standard InChI is InChI=1S/C19H25NO7/c1-6-7-14(22)20-11(8-10(2)3)16(23)15(17(20)24)12(21)9-13-18(25)27-19(4,5)26-13/h6-7,10-11,13,15H,8-9H2,1-5H3/b7-6+/t11?,13-,15?/m0/s1.